The Bertz CT molecular complexity index is 570. The third kappa shape index (κ3) is 3.22. The first-order chi connectivity index (χ1) is 9.18. The molecule has 3 N–H and O–H groups in total. The second-order valence-electron chi connectivity index (χ2n) is 4.16. The van der Waals surface area contributed by atoms with Crippen molar-refractivity contribution >= 4 is 17.1 Å². The van der Waals surface area contributed by atoms with E-state index >= 15 is 0 Å². The van der Waals surface area contributed by atoms with Crippen molar-refractivity contribution in [2.45, 2.75) is 6.42 Å². The number of nitro groups is 1. The summed E-state index contributed by atoms with van der Waals surface area (Å²) >= 11 is 0. The highest BCUT2D eigenvalue weighted by Gasteiger charge is 2.16. The normalized spacial score (nSPS) is 10.1. The monoisotopic (exact) mass is 257 g/mol. The van der Waals surface area contributed by atoms with E-state index in [2.05, 4.69) is 5.32 Å². The number of nitrogens with one attached hydrogen (secondary N) is 1. The average Bonchev–Trinajstić information content (AvgIpc) is 2.39. The van der Waals surface area contributed by atoms with Gasteiger partial charge in [-0.2, -0.15) is 0 Å². The van der Waals surface area contributed by atoms with Gasteiger partial charge in [-0.15, -0.1) is 0 Å². The summed E-state index contributed by atoms with van der Waals surface area (Å²) < 4.78 is 0. The van der Waals surface area contributed by atoms with Crippen LogP contribution in [0.4, 0.5) is 17.1 Å². The zero-order valence-electron chi connectivity index (χ0n) is 10.4. The lowest BCUT2D eigenvalue weighted by Crippen LogP contribution is -2.08. The zero-order chi connectivity index (χ0) is 13.7. The second kappa shape index (κ2) is 5.86. The summed E-state index contributed by atoms with van der Waals surface area (Å²) in [6, 6.07) is 14.8. The molecule has 5 nitrogen and oxygen atoms in total. The number of para-hydroxylation sites is 1. The highest BCUT2D eigenvalue weighted by Crippen LogP contribution is 2.30. The maximum Gasteiger partial charge on any atom is 0.314 e. The van der Waals surface area contributed by atoms with E-state index in [0.29, 0.717) is 12.2 Å². The first kappa shape index (κ1) is 12.9. The quantitative estimate of drug-likeness (QED) is 0.490. The summed E-state index contributed by atoms with van der Waals surface area (Å²) in [4.78, 5) is 10.5. The minimum Gasteiger partial charge on any atom is -0.393 e. The van der Waals surface area contributed by atoms with Crippen LogP contribution in [0.5, 0.6) is 0 Å². The van der Waals surface area contributed by atoms with Crippen molar-refractivity contribution in [1.82, 2.24) is 0 Å². The van der Waals surface area contributed by atoms with E-state index in [1.807, 2.05) is 30.3 Å². The molecular formula is C14H15N3O2. The van der Waals surface area contributed by atoms with Gasteiger partial charge in [0.1, 0.15) is 11.4 Å². The van der Waals surface area contributed by atoms with E-state index in [4.69, 9.17) is 5.73 Å². The number of nitro benzene ring substituents is 1. The van der Waals surface area contributed by atoms with Gasteiger partial charge in [0.25, 0.3) is 0 Å². The number of hydrogen-bond donors (Lipinski definition) is 2. The first-order valence-corrected chi connectivity index (χ1v) is 5.99. The summed E-state index contributed by atoms with van der Waals surface area (Å²) in [7, 11) is 0. The van der Waals surface area contributed by atoms with Gasteiger partial charge in [0, 0.05) is 6.54 Å². The Kier molecular flexibility index (Phi) is 3.97. The van der Waals surface area contributed by atoms with Gasteiger partial charge in [0.2, 0.25) is 0 Å². The van der Waals surface area contributed by atoms with Crippen LogP contribution >= 0.6 is 0 Å². The third-order valence-corrected chi connectivity index (χ3v) is 2.82. The Labute approximate surface area is 111 Å². The molecule has 0 aromatic heterocycles. The molecule has 98 valence electrons. The van der Waals surface area contributed by atoms with Crippen LogP contribution in [0.2, 0.25) is 0 Å². The summed E-state index contributed by atoms with van der Waals surface area (Å²) in [6.07, 6.45) is 0.798. The van der Waals surface area contributed by atoms with E-state index in [0.717, 1.165) is 6.42 Å². The molecule has 0 saturated carbocycles. The molecule has 0 bridgehead atoms. The van der Waals surface area contributed by atoms with Gasteiger partial charge in [-0.1, -0.05) is 36.4 Å². The predicted octanol–water partition coefficient (Wildman–Crippen LogP) is 2.83. The molecule has 0 aliphatic rings. The lowest BCUT2D eigenvalue weighted by molar-refractivity contribution is -0.383. The van der Waals surface area contributed by atoms with Crippen molar-refractivity contribution < 1.29 is 4.92 Å². The summed E-state index contributed by atoms with van der Waals surface area (Å²) in [5.41, 5.74) is 7.38. The molecule has 0 spiro atoms. The van der Waals surface area contributed by atoms with Gasteiger partial charge >= 0.3 is 5.69 Å². The summed E-state index contributed by atoms with van der Waals surface area (Å²) in [6.45, 7) is 0.619. The van der Waals surface area contributed by atoms with Crippen LogP contribution in [-0.4, -0.2) is 11.5 Å². The Morgan fingerprint density at radius 1 is 1.11 bits per heavy atom. The van der Waals surface area contributed by atoms with Crippen molar-refractivity contribution in [3.8, 4) is 0 Å². The third-order valence-electron chi connectivity index (χ3n) is 2.82. The molecule has 2 rings (SSSR count). The van der Waals surface area contributed by atoms with Crippen LogP contribution in [-0.2, 0) is 6.42 Å². The van der Waals surface area contributed by atoms with E-state index in [1.54, 1.807) is 12.1 Å². The van der Waals surface area contributed by atoms with Crippen molar-refractivity contribution in [1.29, 1.82) is 0 Å². The molecule has 0 radical (unpaired) electrons. The average molecular weight is 257 g/mol. The molecule has 5 heteroatoms. The number of nitrogens with two attached hydrogens (primary N) is 1. The van der Waals surface area contributed by atoms with Crippen LogP contribution in [0, 0.1) is 10.1 Å². The number of nitrogen functional groups attached to an aromatic ring is 1. The van der Waals surface area contributed by atoms with Gasteiger partial charge < -0.3 is 11.1 Å². The maximum atomic E-state index is 11.0. The standard InChI is InChI=1S/C14H15N3O2/c15-12-7-4-8-13(14(12)17(18)19)16-10-9-11-5-2-1-3-6-11/h1-8,16H,9-10,15H2. The highest BCUT2D eigenvalue weighted by atomic mass is 16.6. The Balaban J connectivity index is 2.04. The lowest BCUT2D eigenvalue weighted by Gasteiger charge is -2.08. The predicted molar refractivity (Wildman–Crippen MR) is 76.1 cm³/mol. The van der Waals surface area contributed by atoms with Crippen molar-refractivity contribution in [2.75, 3.05) is 17.6 Å². The Morgan fingerprint density at radius 3 is 2.53 bits per heavy atom. The number of anilines is 2. The largest absolute Gasteiger partial charge is 0.393 e. The molecule has 0 fully saturated rings. The lowest BCUT2D eigenvalue weighted by atomic mass is 10.1. The van der Waals surface area contributed by atoms with Gasteiger partial charge in [-0.3, -0.25) is 10.1 Å². The number of rotatable bonds is 5. The number of hydrogen-bond acceptors (Lipinski definition) is 4. The molecule has 0 saturated heterocycles. The van der Waals surface area contributed by atoms with Crippen LogP contribution in [0.1, 0.15) is 5.56 Å². The van der Waals surface area contributed by atoms with Gasteiger partial charge in [0.15, 0.2) is 0 Å². The Hall–Kier alpha value is -2.56. The molecule has 0 heterocycles. The van der Waals surface area contributed by atoms with Gasteiger partial charge in [0.05, 0.1) is 4.92 Å². The first-order valence-electron chi connectivity index (χ1n) is 5.99. The van der Waals surface area contributed by atoms with E-state index in [-0.39, 0.29) is 11.4 Å². The van der Waals surface area contributed by atoms with E-state index < -0.39 is 4.92 Å². The van der Waals surface area contributed by atoms with Crippen LogP contribution in [0.3, 0.4) is 0 Å². The van der Waals surface area contributed by atoms with Gasteiger partial charge in [-0.05, 0) is 24.1 Å². The molecule has 19 heavy (non-hydrogen) atoms. The molecule has 0 aliphatic carbocycles. The van der Waals surface area contributed by atoms with E-state index in [9.17, 15) is 10.1 Å². The topological polar surface area (TPSA) is 81.2 Å². The second-order valence-corrected chi connectivity index (χ2v) is 4.16. The molecule has 0 amide bonds. The van der Waals surface area contributed by atoms with Crippen LogP contribution in [0.15, 0.2) is 48.5 Å². The molecular weight excluding hydrogens is 242 g/mol. The van der Waals surface area contributed by atoms with Crippen molar-refractivity contribution in [3.05, 3.63) is 64.2 Å². The fourth-order valence-electron chi connectivity index (χ4n) is 1.89. The summed E-state index contributed by atoms with van der Waals surface area (Å²) in [5, 5.41) is 14.0. The number of benzene rings is 2. The minimum atomic E-state index is -0.458. The zero-order valence-corrected chi connectivity index (χ0v) is 10.4. The molecule has 2 aromatic rings. The SMILES string of the molecule is Nc1cccc(NCCc2ccccc2)c1[N+](=O)[O-]. The fourth-order valence-corrected chi connectivity index (χ4v) is 1.89. The molecule has 2 aromatic carbocycles. The maximum absolute atomic E-state index is 11.0. The Morgan fingerprint density at radius 2 is 1.84 bits per heavy atom. The molecule has 0 unspecified atom stereocenters. The van der Waals surface area contributed by atoms with Crippen molar-refractivity contribution in [2.24, 2.45) is 0 Å². The van der Waals surface area contributed by atoms with Crippen LogP contribution < -0.4 is 11.1 Å². The number of nitrogens with zero attached hydrogens (tertiary/aromatic N) is 1. The summed E-state index contributed by atoms with van der Waals surface area (Å²) in [5.74, 6) is 0. The van der Waals surface area contributed by atoms with Gasteiger partial charge in [-0.25, -0.2) is 0 Å². The van der Waals surface area contributed by atoms with Crippen LogP contribution in [0.25, 0.3) is 0 Å². The highest BCUT2D eigenvalue weighted by molar-refractivity contribution is 5.74. The minimum absolute atomic E-state index is 0.0597. The molecule has 0 aliphatic heterocycles. The molecule has 0 atom stereocenters. The smallest absolute Gasteiger partial charge is 0.314 e. The van der Waals surface area contributed by atoms with E-state index in [1.165, 1.54) is 11.6 Å². The fraction of sp³-hybridized carbons (Fsp3) is 0.143. The van der Waals surface area contributed by atoms with Crippen molar-refractivity contribution in [3.63, 3.8) is 0 Å².